The molecule has 54 heavy (non-hydrogen) atoms. The third-order valence-corrected chi connectivity index (χ3v) is 9.99. The molecule has 0 saturated heterocycles. The zero-order valence-corrected chi connectivity index (χ0v) is 35.6. The fourth-order valence-electron chi connectivity index (χ4n) is 5.77. The van der Waals surface area contributed by atoms with Crippen molar-refractivity contribution in [3.8, 4) is 0 Å². The second kappa shape index (κ2) is 42.2. The number of hydrogen-bond donors (Lipinski definition) is 2. The zero-order chi connectivity index (χ0) is 39.5. The lowest BCUT2D eigenvalue weighted by Gasteiger charge is -2.19. The highest BCUT2D eigenvalue weighted by Crippen LogP contribution is 2.43. The Kier molecular flexibility index (Phi) is 40.7. The summed E-state index contributed by atoms with van der Waals surface area (Å²) in [5.41, 5.74) is 5.36. The van der Waals surface area contributed by atoms with Crippen molar-refractivity contribution in [2.75, 3.05) is 26.4 Å². The highest BCUT2D eigenvalue weighted by Gasteiger charge is 2.25. The molecule has 314 valence electrons. The Labute approximate surface area is 332 Å². The average molecular weight is 780 g/mol. The molecule has 0 aromatic carbocycles. The van der Waals surface area contributed by atoms with E-state index in [9.17, 15) is 14.3 Å². The highest BCUT2D eigenvalue weighted by molar-refractivity contribution is 7.47. The smallest absolute Gasteiger partial charge is 0.472 e. The van der Waals surface area contributed by atoms with Crippen LogP contribution in [0.25, 0.3) is 0 Å². The molecular weight excluding hydrogens is 697 g/mol. The normalized spacial score (nSPS) is 14.0. The van der Waals surface area contributed by atoms with Crippen LogP contribution in [0.1, 0.15) is 187 Å². The van der Waals surface area contributed by atoms with Crippen LogP contribution in [0.15, 0.2) is 60.9 Å². The van der Waals surface area contributed by atoms with Crippen molar-refractivity contribution >= 4 is 13.8 Å². The van der Waals surface area contributed by atoms with Gasteiger partial charge in [-0.1, -0.05) is 165 Å². The van der Waals surface area contributed by atoms with E-state index < -0.39 is 13.9 Å². The predicted molar refractivity (Wildman–Crippen MR) is 228 cm³/mol. The summed E-state index contributed by atoms with van der Waals surface area (Å²) in [5, 5.41) is 0. The maximum absolute atomic E-state index is 12.6. The fraction of sp³-hybridized carbons (Fsp3) is 0.756. The molecule has 0 fully saturated rings. The lowest BCUT2D eigenvalue weighted by atomic mass is 10.0. The minimum Gasteiger partial charge on any atom is -0.498 e. The van der Waals surface area contributed by atoms with Crippen molar-refractivity contribution in [1.82, 2.24) is 0 Å². The maximum atomic E-state index is 12.6. The van der Waals surface area contributed by atoms with Gasteiger partial charge in [-0.25, -0.2) is 4.57 Å². The number of carbonyl (C=O) groups excluding carboxylic acids is 1. The molecule has 8 nitrogen and oxygen atoms in total. The van der Waals surface area contributed by atoms with Crippen LogP contribution in [0.2, 0.25) is 0 Å². The quantitative estimate of drug-likeness (QED) is 0.0207. The van der Waals surface area contributed by atoms with Gasteiger partial charge in [0.1, 0.15) is 6.61 Å². The second-order valence-corrected chi connectivity index (χ2v) is 15.7. The summed E-state index contributed by atoms with van der Waals surface area (Å²) in [5.74, 6) is -0.382. The molecule has 1 unspecified atom stereocenters. The van der Waals surface area contributed by atoms with Crippen LogP contribution in [-0.2, 0) is 27.9 Å². The van der Waals surface area contributed by atoms with Crippen molar-refractivity contribution in [3.63, 3.8) is 0 Å². The predicted octanol–water partition coefficient (Wildman–Crippen LogP) is 13.3. The molecule has 0 saturated carbocycles. The number of carbonyl (C=O) groups is 1. The summed E-state index contributed by atoms with van der Waals surface area (Å²) in [6, 6.07) is 0. The van der Waals surface area contributed by atoms with Crippen molar-refractivity contribution in [1.29, 1.82) is 0 Å². The molecule has 0 bridgehead atoms. The molecule has 0 aromatic rings. The Morgan fingerprint density at radius 1 is 0.574 bits per heavy atom. The molecule has 9 heteroatoms. The molecule has 0 rings (SSSR count). The van der Waals surface area contributed by atoms with E-state index >= 15 is 0 Å². The Balaban J connectivity index is 4.16. The molecule has 0 aliphatic rings. The number of unbranched alkanes of at least 4 members (excludes halogenated alkanes) is 20. The van der Waals surface area contributed by atoms with Crippen molar-refractivity contribution < 1.29 is 32.8 Å². The van der Waals surface area contributed by atoms with Gasteiger partial charge in [0.25, 0.3) is 0 Å². The summed E-state index contributed by atoms with van der Waals surface area (Å²) in [6.45, 7) is 4.17. The average Bonchev–Trinajstić information content (AvgIpc) is 3.16. The minimum absolute atomic E-state index is 0.0178. The van der Waals surface area contributed by atoms with E-state index in [0.29, 0.717) is 6.42 Å². The van der Waals surface area contributed by atoms with E-state index in [4.69, 9.17) is 24.3 Å². The van der Waals surface area contributed by atoms with E-state index in [0.717, 1.165) is 51.4 Å². The van der Waals surface area contributed by atoms with Crippen molar-refractivity contribution in [3.05, 3.63) is 60.9 Å². The number of allylic oxidation sites excluding steroid dienone is 9. The third kappa shape index (κ3) is 41.2. The number of hydrogen-bond acceptors (Lipinski definition) is 7. The van der Waals surface area contributed by atoms with Crippen LogP contribution >= 0.6 is 7.82 Å². The molecule has 0 amide bonds. The van der Waals surface area contributed by atoms with Gasteiger partial charge >= 0.3 is 13.8 Å². The molecule has 0 aromatic heterocycles. The van der Waals surface area contributed by atoms with E-state index in [1.807, 2.05) is 6.08 Å². The van der Waals surface area contributed by atoms with Gasteiger partial charge in [0.15, 0.2) is 6.10 Å². The number of ether oxygens (including phenoxy) is 2. The molecule has 0 heterocycles. The summed E-state index contributed by atoms with van der Waals surface area (Å²) >= 11 is 0. The van der Waals surface area contributed by atoms with Gasteiger partial charge in [-0.15, -0.1) is 0 Å². The van der Waals surface area contributed by atoms with Gasteiger partial charge in [-0.2, -0.15) is 0 Å². The highest BCUT2D eigenvalue weighted by atomic mass is 31.2. The van der Waals surface area contributed by atoms with E-state index in [1.54, 1.807) is 6.26 Å². The molecule has 3 N–H and O–H groups in total. The van der Waals surface area contributed by atoms with Gasteiger partial charge in [0.2, 0.25) is 0 Å². The van der Waals surface area contributed by atoms with Crippen LogP contribution < -0.4 is 5.73 Å². The van der Waals surface area contributed by atoms with Crippen molar-refractivity contribution in [2.24, 2.45) is 5.73 Å². The standard InChI is InChI=1S/C45H82NO7P/c1-3-5-7-9-11-13-15-17-19-21-22-23-24-26-28-30-32-34-36-38-45(47)53-44(43-52-54(48,49)51-41-39-46)42-50-40-37-35-33-31-29-27-25-20-18-16-14-12-10-8-6-4-2/h11,13,17,19,22-23,26,28,37,40,44H,3-10,12,14-16,18,20-21,24-25,27,29-36,38-39,41-43,46H2,1-2H3,(H,48,49)/b13-11+,19-17+,23-22+,28-26+,40-37+/t44-/m1/s1. The van der Waals surface area contributed by atoms with Crippen LogP contribution in [0.4, 0.5) is 0 Å². The molecule has 2 atom stereocenters. The molecular formula is C45H82NO7P. The van der Waals surface area contributed by atoms with E-state index in [-0.39, 0.29) is 38.8 Å². The van der Waals surface area contributed by atoms with Gasteiger partial charge in [0.05, 0.1) is 19.5 Å². The maximum Gasteiger partial charge on any atom is 0.472 e. The second-order valence-electron chi connectivity index (χ2n) is 14.3. The Morgan fingerprint density at radius 3 is 1.52 bits per heavy atom. The number of nitrogens with two attached hydrogens (primary N) is 1. The lowest BCUT2D eigenvalue weighted by Crippen LogP contribution is -2.27. The van der Waals surface area contributed by atoms with Gasteiger partial charge in [0, 0.05) is 13.0 Å². The topological polar surface area (TPSA) is 117 Å². The van der Waals surface area contributed by atoms with Crippen LogP contribution in [0.3, 0.4) is 0 Å². The first-order chi connectivity index (χ1) is 26.4. The summed E-state index contributed by atoms with van der Waals surface area (Å²) in [6.07, 6.45) is 51.9. The Bertz CT molecular complexity index is 1010. The van der Waals surface area contributed by atoms with E-state index in [2.05, 4.69) is 62.5 Å². The van der Waals surface area contributed by atoms with Crippen molar-refractivity contribution in [2.45, 2.75) is 193 Å². The monoisotopic (exact) mass is 780 g/mol. The summed E-state index contributed by atoms with van der Waals surface area (Å²) in [7, 11) is -4.30. The van der Waals surface area contributed by atoms with Crippen LogP contribution in [-0.4, -0.2) is 43.3 Å². The Morgan fingerprint density at radius 2 is 1.00 bits per heavy atom. The lowest BCUT2D eigenvalue weighted by molar-refractivity contribution is -0.153. The number of phosphoric acid groups is 1. The van der Waals surface area contributed by atoms with Crippen LogP contribution in [0.5, 0.6) is 0 Å². The number of phosphoric ester groups is 1. The minimum atomic E-state index is -4.30. The zero-order valence-electron chi connectivity index (χ0n) is 34.7. The summed E-state index contributed by atoms with van der Waals surface area (Å²) < 4.78 is 33.1. The number of esters is 1. The van der Waals surface area contributed by atoms with Crippen LogP contribution in [0, 0.1) is 0 Å². The van der Waals surface area contributed by atoms with E-state index in [1.165, 1.54) is 109 Å². The molecule has 0 radical (unpaired) electrons. The Hall–Kier alpha value is -1.96. The molecule has 0 spiro atoms. The third-order valence-electron chi connectivity index (χ3n) is 9.00. The SMILES string of the molecule is CCCCC/C=C/C/C=C/C/C=C/C/C=C/CCCCCC(=O)O[C@H](CO/C=C/CCCCCCCCCCCCCCCC)COP(=O)(O)OCCN. The molecule has 0 aliphatic heterocycles. The molecule has 0 aliphatic carbocycles. The van der Waals surface area contributed by atoms with Gasteiger partial charge in [-0.05, 0) is 70.3 Å². The van der Waals surface area contributed by atoms with Gasteiger partial charge < -0.3 is 20.1 Å². The fourth-order valence-corrected chi connectivity index (χ4v) is 6.53. The number of rotatable bonds is 41. The first-order valence-electron chi connectivity index (χ1n) is 21.8. The largest absolute Gasteiger partial charge is 0.498 e. The first-order valence-corrected chi connectivity index (χ1v) is 23.3. The summed E-state index contributed by atoms with van der Waals surface area (Å²) in [4.78, 5) is 22.4. The van der Waals surface area contributed by atoms with Gasteiger partial charge in [-0.3, -0.25) is 13.8 Å². The first kappa shape index (κ1) is 52.0.